The molecule has 0 saturated carbocycles. The quantitative estimate of drug-likeness (QED) is 0.0694. The Morgan fingerprint density at radius 2 is 0.898 bits per heavy atom. The van der Waals surface area contributed by atoms with E-state index in [2.05, 4.69) is 10.3 Å². The van der Waals surface area contributed by atoms with Crippen molar-refractivity contribution in [3.05, 3.63) is 149 Å². The fourth-order valence-electron chi connectivity index (χ4n) is 5.48. The summed E-state index contributed by atoms with van der Waals surface area (Å²) in [7, 11) is -4.08. The van der Waals surface area contributed by atoms with Gasteiger partial charge in [-0.05, 0) is 6.92 Å². The van der Waals surface area contributed by atoms with E-state index in [1.165, 1.54) is 60.7 Å². The van der Waals surface area contributed by atoms with Crippen molar-refractivity contribution in [1.82, 2.24) is 14.9 Å². The van der Waals surface area contributed by atoms with E-state index in [0.717, 1.165) is 5.56 Å². The number of hydrogen-bond acceptors (Lipinski definition) is 3. The lowest BCUT2D eigenvalue weighted by Gasteiger charge is -2.28. The summed E-state index contributed by atoms with van der Waals surface area (Å²) in [6.45, 7) is -1.35. The molecule has 1 N–H and O–H groups in total. The molecule has 0 bridgehead atoms. The molecule has 0 aliphatic heterocycles. The highest BCUT2D eigenvalue weighted by atomic mass is 31.2. The first-order chi connectivity index (χ1) is 23.3. The standard InChI is InChI=1S/C33H18BF10N4P/c1-16-12-14-17(15-13-16)32-33(49(45,18-8-4-2-5-9-18)19-10-6-3-7-11-19)48(47-46-32)34(20-22(35)26(39)30(43)27(40)23(20)36)21-24(37)28(41)31(44)29(42)25(21)38/h2-15,45H,1H3. The lowest BCUT2D eigenvalue weighted by Crippen LogP contribution is -2.59. The third-order valence-electron chi connectivity index (χ3n) is 7.88. The van der Waals surface area contributed by atoms with Crippen molar-refractivity contribution >= 4 is 40.9 Å². The highest BCUT2D eigenvalue weighted by Crippen LogP contribution is 2.45. The number of nitrogens with zero attached hydrogens (tertiary/aromatic N) is 3. The van der Waals surface area contributed by atoms with E-state index in [1.807, 2.05) is 0 Å². The van der Waals surface area contributed by atoms with Crippen LogP contribution in [0.1, 0.15) is 5.56 Å². The minimum Gasteiger partial charge on any atom is -0.303 e. The Bertz CT molecular complexity index is 2110. The molecule has 0 fully saturated rings. The molecule has 0 atom stereocenters. The van der Waals surface area contributed by atoms with E-state index in [4.69, 9.17) is 0 Å². The van der Waals surface area contributed by atoms with Gasteiger partial charge in [-0.1, -0.05) is 95.7 Å². The molecule has 248 valence electrons. The molecule has 0 aliphatic carbocycles. The molecular weight excluding hydrogens is 684 g/mol. The highest BCUT2D eigenvalue weighted by molar-refractivity contribution is 7.86. The topological polar surface area (TPSA) is 54.6 Å². The second-order valence-electron chi connectivity index (χ2n) is 10.8. The van der Waals surface area contributed by atoms with Gasteiger partial charge in [0.15, 0.2) is 58.2 Å². The van der Waals surface area contributed by atoms with Crippen LogP contribution < -0.4 is 27.0 Å². The molecule has 0 aliphatic rings. The predicted molar refractivity (Wildman–Crippen MR) is 165 cm³/mol. The molecule has 0 saturated heterocycles. The van der Waals surface area contributed by atoms with Crippen molar-refractivity contribution in [3.8, 4) is 11.3 Å². The van der Waals surface area contributed by atoms with Crippen molar-refractivity contribution < 1.29 is 43.9 Å². The van der Waals surface area contributed by atoms with Crippen LogP contribution in [-0.4, -0.2) is 21.8 Å². The van der Waals surface area contributed by atoms with Crippen LogP contribution in [0.2, 0.25) is 0 Å². The summed E-state index contributed by atoms with van der Waals surface area (Å²) in [6.07, 6.45) is 0. The number of nitrogens with one attached hydrogen (secondary N) is 1. The average molecular weight is 702 g/mol. The molecule has 0 unspecified atom stereocenters. The van der Waals surface area contributed by atoms with Gasteiger partial charge in [-0.2, -0.15) is 0 Å². The van der Waals surface area contributed by atoms with Crippen molar-refractivity contribution in [2.24, 2.45) is 0 Å². The van der Waals surface area contributed by atoms with Crippen LogP contribution in [0.25, 0.3) is 11.3 Å². The molecule has 0 radical (unpaired) electrons. The van der Waals surface area contributed by atoms with Crippen molar-refractivity contribution in [2.45, 2.75) is 6.92 Å². The first-order valence-corrected chi connectivity index (χ1v) is 15.9. The summed E-state index contributed by atoms with van der Waals surface area (Å²) < 4.78 is 151. The molecule has 1 heterocycles. The lowest BCUT2D eigenvalue weighted by molar-refractivity contribution is 0.381. The zero-order chi connectivity index (χ0) is 35.4. The molecule has 16 heteroatoms. The van der Waals surface area contributed by atoms with Gasteiger partial charge in [-0.3, -0.25) is 4.59 Å². The number of hydrogen-bond donors (Lipinski definition) is 1. The van der Waals surface area contributed by atoms with Crippen LogP contribution in [0.15, 0.2) is 84.9 Å². The second kappa shape index (κ2) is 12.7. The van der Waals surface area contributed by atoms with Crippen LogP contribution in [0.4, 0.5) is 43.9 Å². The van der Waals surface area contributed by atoms with Crippen molar-refractivity contribution in [1.29, 1.82) is 5.16 Å². The summed E-state index contributed by atoms with van der Waals surface area (Å²) >= 11 is 0. The summed E-state index contributed by atoms with van der Waals surface area (Å²) in [5.41, 5.74) is -3.80. The molecule has 49 heavy (non-hydrogen) atoms. The Hall–Kier alpha value is -5.17. The second-order valence-corrected chi connectivity index (χ2v) is 13.6. The minimum atomic E-state index is -4.08. The van der Waals surface area contributed by atoms with Gasteiger partial charge in [0.05, 0.1) is 7.05 Å². The fraction of sp³-hybridized carbons (Fsp3) is 0.0303. The third kappa shape index (κ3) is 5.32. The van der Waals surface area contributed by atoms with E-state index < -0.39 is 88.4 Å². The number of benzene rings is 5. The van der Waals surface area contributed by atoms with E-state index >= 15 is 17.6 Å². The van der Waals surface area contributed by atoms with Crippen LogP contribution in [-0.2, 0) is 0 Å². The first kappa shape index (κ1) is 33.7. The minimum absolute atomic E-state index is 0.184. The summed E-state index contributed by atoms with van der Waals surface area (Å²) in [5, 5.41) is 18.4. The van der Waals surface area contributed by atoms with Gasteiger partial charge < -0.3 is 5.16 Å². The van der Waals surface area contributed by atoms with Crippen LogP contribution >= 0.6 is 7.05 Å². The fourth-order valence-corrected chi connectivity index (χ4v) is 8.46. The maximum Gasteiger partial charge on any atom is 0.364 e. The predicted octanol–water partition coefficient (Wildman–Crippen LogP) is 6.35. The van der Waals surface area contributed by atoms with Crippen molar-refractivity contribution in [3.63, 3.8) is 0 Å². The molecule has 5 aromatic carbocycles. The summed E-state index contributed by atoms with van der Waals surface area (Å²) in [6, 6.07) is 21.5. The maximum absolute atomic E-state index is 15.7. The smallest absolute Gasteiger partial charge is 0.303 e. The van der Waals surface area contributed by atoms with Crippen LogP contribution in [0, 0.1) is 70.3 Å². The average Bonchev–Trinajstić information content (AvgIpc) is 3.57. The van der Waals surface area contributed by atoms with E-state index in [1.54, 1.807) is 31.2 Å². The Labute approximate surface area is 271 Å². The van der Waals surface area contributed by atoms with Gasteiger partial charge in [-0.25, -0.2) is 43.9 Å². The summed E-state index contributed by atoms with van der Waals surface area (Å²) in [4.78, 5) is 0. The number of aryl methyl sites for hydroxylation is 1. The largest absolute Gasteiger partial charge is 0.364 e. The zero-order valence-electron chi connectivity index (χ0n) is 24.7. The molecule has 6 rings (SSSR count). The number of rotatable bonds is 7. The highest BCUT2D eigenvalue weighted by Gasteiger charge is 2.46. The molecule has 0 amide bonds. The van der Waals surface area contributed by atoms with Gasteiger partial charge in [-0.15, -0.1) is 5.10 Å². The Balaban J connectivity index is 1.86. The monoisotopic (exact) mass is 702 g/mol. The lowest BCUT2D eigenvalue weighted by atomic mass is 9.50. The van der Waals surface area contributed by atoms with Gasteiger partial charge >= 0.3 is 6.85 Å². The molecule has 6 aromatic rings. The Morgan fingerprint density at radius 1 is 0.531 bits per heavy atom. The third-order valence-corrected chi connectivity index (χ3v) is 11.1. The number of halogens is 10. The normalized spacial score (nSPS) is 11.7. The molecule has 1 aromatic heterocycles. The van der Waals surface area contributed by atoms with Gasteiger partial charge in [0.1, 0.15) is 11.1 Å². The van der Waals surface area contributed by atoms with Gasteiger partial charge in [0.25, 0.3) is 0 Å². The Kier molecular flexibility index (Phi) is 8.74. The number of aromatic nitrogens is 3. The van der Waals surface area contributed by atoms with E-state index in [9.17, 15) is 31.5 Å². The van der Waals surface area contributed by atoms with E-state index in [-0.39, 0.29) is 21.9 Å². The van der Waals surface area contributed by atoms with Crippen LogP contribution in [0.3, 0.4) is 0 Å². The molecule has 0 spiro atoms. The maximum atomic E-state index is 15.7. The first-order valence-electron chi connectivity index (χ1n) is 14.1. The SMILES string of the molecule is Cc1ccc(-c2nnn(B(c3c(F)c(F)c(F)c(F)c3F)c3c(F)c(F)c(F)c(F)c3F)c2P(=N)(c2ccccc2)c2ccccc2)cc1. The molecule has 4 nitrogen and oxygen atoms in total. The van der Waals surface area contributed by atoms with Crippen LogP contribution in [0.5, 0.6) is 0 Å². The Morgan fingerprint density at radius 3 is 1.29 bits per heavy atom. The molecular formula is C33H18BF10N4P. The van der Waals surface area contributed by atoms with E-state index in [0.29, 0.717) is 4.59 Å². The van der Waals surface area contributed by atoms with Gasteiger partial charge in [0.2, 0.25) is 0 Å². The zero-order valence-corrected chi connectivity index (χ0v) is 25.6. The van der Waals surface area contributed by atoms with Crippen molar-refractivity contribution in [2.75, 3.05) is 0 Å². The summed E-state index contributed by atoms with van der Waals surface area (Å²) in [5.74, 6) is -26.1. The van der Waals surface area contributed by atoms with Gasteiger partial charge in [0, 0.05) is 27.1 Å².